The third-order valence-electron chi connectivity index (χ3n) is 6.03. The number of fused-ring (bicyclic) bond motifs is 1. The van der Waals surface area contributed by atoms with E-state index in [0.29, 0.717) is 18.1 Å². The summed E-state index contributed by atoms with van der Waals surface area (Å²) in [7, 11) is 0. The number of carbonyl (C=O) groups is 1. The quantitative estimate of drug-likeness (QED) is 0.634. The molecule has 0 aliphatic carbocycles. The van der Waals surface area contributed by atoms with E-state index < -0.39 is 0 Å². The number of aromatic nitrogens is 3. The lowest BCUT2D eigenvalue weighted by Crippen LogP contribution is -2.45. The highest BCUT2D eigenvalue weighted by Crippen LogP contribution is 2.26. The first-order valence-corrected chi connectivity index (χ1v) is 10.8. The van der Waals surface area contributed by atoms with Crippen molar-refractivity contribution in [3.63, 3.8) is 0 Å². The van der Waals surface area contributed by atoms with Crippen LogP contribution in [0.25, 0.3) is 5.65 Å². The number of amides is 1. The third-order valence-corrected chi connectivity index (χ3v) is 6.03. The van der Waals surface area contributed by atoms with E-state index in [0.717, 1.165) is 49.3 Å². The number of rotatable bonds is 5. The average Bonchev–Trinajstić information content (AvgIpc) is 3.15. The molecule has 0 saturated carbocycles. The molecule has 3 aromatic heterocycles. The average molecular weight is 407 g/mol. The maximum Gasteiger partial charge on any atom is 0.276 e. The minimum atomic E-state index is -0.0392. The maximum atomic E-state index is 13.5. The van der Waals surface area contributed by atoms with E-state index in [4.69, 9.17) is 9.72 Å². The molecule has 1 atom stereocenters. The van der Waals surface area contributed by atoms with Crippen LogP contribution in [-0.4, -0.2) is 44.4 Å². The zero-order valence-electron chi connectivity index (χ0n) is 18.3. The van der Waals surface area contributed by atoms with Crippen LogP contribution in [0.4, 0.5) is 0 Å². The molecule has 1 amide bonds. The molecule has 3 aromatic rings. The Labute approximate surface area is 177 Å². The van der Waals surface area contributed by atoms with Crippen molar-refractivity contribution in [1.29, 1.82) is 0 Å². The van der Waals surface area contributed by atoms with Gasteiger partial charge >= 0.3 is 0 Å². The molecule has 4 rings (SSSR count). The van der Waals surface area contributed by atoms with Crippen LogP contribution in [0.5, 0.6) is 5.75 Å². The van der Waals surface area contributed by atoms with E-state index >= 15 is 0 Å². The van der Waals surface area contributed by atoms with Crippen molar-refractivity contribution in [2.45, 2.75) is 59.4 Å². The highest BCUT2D eigenvalue weighted by molar-refractivity contribution is 5.95. The maximum absolute atomic E-state index is 13.5. The van der Waals surface area contributed by atoms with Gasteiger partial charge in [0.15, 0.2) is 11.4 Å². The van der Waals surface area contributed by atoms with Gasteiger partial charge < -0.3 is 14.0 Å². The molecular weight excluding hydrogens is 376 g/mol. The van der Waals surface area contributed by atoms with Crippen molar-refractivity contribution < 1.29 is 9.53 Å². The van der Waals surface area contributed by atoms with Gasteiger partial charge in [-0.1, -0.05) is 0 Å². The third kappa shape index (κ3) is 3.91. The van der Waals surface area contributed by atoms with E-state index in [1.807, 2.05) is 30.9 Å². The number of piperidine rings is 1. The van der Waals surface area contributed by atoms with Gasteiger partial charge in [0.25, 0.3) is 5.91 Å². The molecule has 158 valence electrons. The minimum absolute atomic E-state index is 0.0392. The van der Waals surface area contributed by atoms with Crippen LogP contribution in [0.15, 0.2) is 30.6 Å². The number of nitrogens with zero attached hydrogens (tertiary/aromatic N) is 4. The van der Waals surface area contributed by atoms with Crippen molar-refractivity contribution in [2.24, 2.45) is 0 Å². The molecule has 1 aliphatic rings. The Morgan fingerprint density at radius 3 is 2.80 bits per heavy atom. The summed E-state index contributed by atoms with van der Waals surface area (Å²) < 4.78 is 7.78. The SMILES string of the molecule is CCOc1ccc(C)nc1C(=O)N1CCCC[C@H]1Cc1cn2ccc(C)c(C)c2n1. The second-order valence-corrected chi connectivity index (χ2v) is 8.17. The van der Waals surface area contributed by atoms with Gasteiger partial charge in [-0.2, -0.15) is 0 Å². The second kappa shape index (κ2) is 8.46. The van der Waals surface area contributed by atoms with E-state index in [1.165, 1.54) is 11.1 Å². The zero-order chi connectivity index (χ0) is 21.3. The van der Waals surface area contributed by atoms with Gasteiger partial charge in [-0.3, -0.25) is 4.79 Å². The van der Waals surface area contributed by atoms with Gasteiger partial charge in [0.05, 0.1) is 12.3 Å². The summed E-state index contributed by atoms with van der Waals surface area (Å²) in [6.45, 7) is 9.29. The summed E-state index contributed by atoms with van der Waals surface area (Å²) >= 11 is 0. The summed E-state index contributed by atoms with van der Waals surface area (Å²) in [5.74, 6) is 0.527. The van der Waals surface area contributed by atoms with Crippen molar-refractivity contribution in [2.75, 3.05) is 13.2 Å². The second-order valence-electron chi connectivity index (χ2n) is 8.17. The van der Waals surface area contributed by atoms with Crippen molar-refractivity contribution in [3.05, 3.63) is 58.8 Å². The number of carbonyl (C=O) groups excluding carboxylic acids is 1. The monoisotopic (exact) mass is 406 g/mol. The van der Waals surface area contributed by atoms with E-state index in [9.17, 15) is 4.79 Å². The number of imidazole rings is 1. The van der Waals surface area contributed by atoms with Gasteiger partial charge in [0.1, 0.15) is 5.65 Å². The lowest BCUT2D eigenvalue weighted by molar-refractivity contribution is 0.0601. The van der Waals surface area contributed by atoms with Crippen LogP contribution in [0.1, 0.15) is 59.2 Å². The van der Waals surface area contributed by atoms with Gasteiger partial charge in [-0.05, 0) is 76.3 Å². The molecule has 0 unspecified atom stereocenters. The highest BCUT2D eigenvalue weighted by Gasteiger charge is 2.31. The summed E-state index contributed by atoms with van der Waals surface area (Å²) in [4.78, 5) is 24.9. The largest absolute Gasteiger partial charge is 0.491 e. The standard InChI is InChI=1S/C24H30N4O2/c1-5-30-21-10-9-17(3)25-22(21)24(29)28-12-7-6-8-20(28)14-19-15-27-13-11-16(2)18(4)23(27)26-19/h9-11,13,15,20H,5-8,12,14H2,1-4H3/t20-/m0/s1. The first kappa shape index (κ1) is 20.4. The molecule has 0 radical (unpaired) electrons. The Morgan fingerprint density at radius 2 is 2.00 bits per heavy atom. The molecule has 1 fully saturated rings. The molecule has 4 heterocycles. The molecule has 1 aliphatic heterocycles. The van der Waals surface area contributed by atoms with Crippen LogP contribution in [-0.2, 0) is 6.42 Å². The van der Waals surface area contributed by atoms with Crippen molar-refractivity contribution >= 4 is 11.6 Å². The van der Waals surface area contributed by atoms with Gasteiger partial charge in [0.2, 0.25) is 0 Å². The molecule has 6 heteroatoms. The summed E-state index contributed by atoms with van der Waals surface area (Å²) in [5.41, 5.74) is 5.70. The molecule has 0 N–H and O–H groups in total. The number of likely N-dealkylation sites (tertiary alicyclic amines) is 1. The fraction of sp³-hybridized carbons (Fsp3) is 0.458. The zero-order valence-corrected chi connectivity index (χ0v) is 18.3. The molecule has 0 aromatic carbocycles. The smallest absolute Gasteiger partial charge is 0.276 e. The lowest BCUT2D eigenvalue weighted by Gasteiger charge is -2.35. The number of aryl methyl sites for hydroxylation is 3. The molecule has 1 saturated heterocycles. The summed E-state index contributed by atoms with van der Waals surface area (Å²) in [5, 5.41) is 0. The van der Waals surface area contributed by atoms with Gasteiger partial charge in [0, 0.05) is 37.1 Å². The minimum Gasteiger partial charge on any atom is -0.491 e. The van der Waals surface area contributed by atoms with E-state index in [1.54, 1.807) is 0 Å². The van der Waals surface area contributed by atoms with Crippen LogP contribution in [0.2, 0.25) is 0 Å². The topological polar surface area (TPSA) is 59.7 Å². The fourth-order valence-corrected chi connectivity index (χ4v) is 4.25. The first-order chi connectivity index (χ1) is 14.5. The summed E-state index contributed by atoms with van der Waals surface area (Å²) in [6.07, 6.45) is 8.02. The number of hydrogen-bond acceptors (Lipinski definition) is 4. The van der Waals surface area contributed by atoms with Gasteiger partial charge in [-0.25, -0.2) is 9.97 Å². The lowest BCUT2D eigenvalue weighted by atomic mass is 9.97. The van der Waals surface area contributed by atoms with Crippen LogP contribution in [0, 0.1) is 20.8 Å². The van der Waals surface area contributed by atoms with Crippen LogP contribution in [0.3, 0.4) is 0 Å². The van der Waals surface area contributed by atoms with Crippen molar-refractivity contribution in [1.82, 2.24) is 19.3 Å². The number of ether oxygens (including phenoxy) is 1. The normalized spacial score (nSPS) is 16.8. The molecule has 0 bridgehead atoms. The van der Waals surface area contributed by atoms with Crippen LogP contribution < -0.4 is 4.74 Å². The van der Waals surface area contributed by atoms with Crippen LogP contribution >= 0.6 is 0 Å². The Kier molecular flexibility index (Phi) is 5.75. The Balaban J connectivity index is 1.62. The molecule has 6 nitrogen and oxygen atoms in total. The van der Waals surface area contributed by atoms with Gasteiger partial charge in [-0.15, -0.1) is 0 Å². The number of pyridine rings is 2. The van der Waals surface area contributed by atoms with E-state index in [-0.39, 0.29) is 11.9 Å². The molecule has 0 spiro atoms. The Hall–Kier alpha value is -2.89. The Morgan fingerprint density at radius 1 is 1.17 bits per heavy atom. The molecule has 30 heavy (non-hydrogen) atoms. The highest BCUT2D eigenvalue weighted by atomic mass is 16.5. The predicted octanol–water partition coefficient (Wildman–Crippen LogP) is 4.29. The summed E-state index contributed by atoms with van der Waals surface area (Å²) in [6, 6.07) is 5.97. The van der Waals surface area contributed by atoms with E-state index in [2.05, 4.69) is 41.7 Å². The first-order valence-electron chi connectivity index (χ1n) is 10.8. The Bertz CT molecular complexity index is 1070. The molecular formula is C24H30N4O2. The van der Waals surface area contributed by atoms with Crippen molar-refractivity contribution in [3.8, 4) is 5.75 Å². The number of hydrogen-bond donors (Lipinski definition) is 0. The predicted molar refractivity (Wildman–Crippen MR) is 117 cm³/mol. The fourth-order valence-electron chi connectivity index (χ4n) is 4.25.